The fourth-order valence-electron chi connectivity index (χ4n) is 2.01. The van der Waals surface area contributed by atoms with Gasteiger partial charge in [-0.2, -0.15) is 0 Å². The average molecular weight is 248 g/mol. The van der Waals surface area contributed by atoms with Crippen LogP contribution in [0.2, 0.25) is 0 Å². The van der Waals surface area contributed by atoms with Gasteiger partial charge in [-0.1, -0.05) is 36.4 Å². The molecule has 4 nitrogen and oxygen atoms in total. The molecule has 0 aliphatic carbocycles. The topological polar surface area (TPSA) is 80.9 Å². The van der Waals surface area contributed by atoms with Crippen LogP contribution < -0.4 is 0 Å². The van der Waals surface area contributed by atoms with E-state index in [1.165, 1.54) is 0 Å². The van der Waals surface area contributed by atoms with E-state index in [0.29, 0.717) is 5.39 Å². The quantitative estimate of drug-likeness (QED) is 0.658. The molecule has 0 amide bonds. The second kappa shape index (κ2) is 5.35. The molecule has 4 N–H and O–H groups in total. The van der Waals surface area contributed by atoms with E-state index in [4.69, 9.17) is 5.11 Å². The maximum atomic E-state index is 10.1. The van der Waals surface area contributed by atoms with Crippen LogP contribution in [0.5, 0.6) is 5.75 Å². The maximum absolute atomic E-state index is 10.1. The summed E-state index contributed by atoms with van der Waals surface area (Å²) in [6.07, 6.45) is -2.24. The summed E-state index contributed by atoms with van der Waals surface area (Å²) < 4.78 is 0. The molecule has 0 fully saturated rings. The SMILES string of the molecule is OCCC(O)C(O)c1ccc2ccccc2c1O. The predicted octanol–water partition coefficient (Wildman–Crippen LogP) is 1.32. The van der Waals surface area contributed by atoms with Crippen LogP contribution in [0.15, 0.2) is 36.4 Å². The molecule has 2 unspecified atom stereocenters. The number of fused-ring (bicyclic) bond motifs is 1. The Hall–Kier alpha value is -1.62. The molecule has 0 spiro atoms. The van der Waals surface area contributed by atoms with E-state index in [1.807, 2.05) is 12.1 Å². The Morgan fingerprint density at radius 3 is 2.44 bits per heavy atom. The summed E-state index contributed by atoms with van der Waals surface area (Å²) in [6, 6.07) is 10.6. The highest BCUT2D eigenvalue weighted by Gasteiger charge is 2.21. The van der Waals surface area contributed by atoms with E-state index in [0.717, 1.165) is 5.39 Å². The Balaban J connectivity index is 2.42. The van der Waals surface area contributed by atoms with Crippen LogP contribution >= 0.6 is 0 Å². The van der Waals surface area contributed by atoms with Gasteiger partial charge in [-0.3, -0.25) is 0 Å². The Bertz CT molecular complexity index is 538. The van der Waals surface area contributed by atoms with Crippen LogP contribution in [0, 0.1) is 0 Å². The van der Waals surface area contributed by atoms with E-state index in [2.05, 4.69) is 0 Å². The molecule has 2 aromatic carbocycles. The van der Waals surface area contributed by atoms with Crippen LogP contribution in [0.1, 0.15) is 18.1 Å². The van der Waals surface area contributed by atoms with Crippen molar-refractivity contribution >= 4 is 10.8 Å². The normalized spacial score (nSPS) is 14.6. The van der Waals surface area contributed by atoms with E-state index in [1.54, 1.807) is 24.3 Å². The number of aliphatic hydroxyl groups is 3. The van der Waals surface area contributed by atoms with Gasteiger partial charge in [0.25, 0.3) is 0 Å². The number of phenolic OH excluding ortho intramolecular Hbond substituents is 1. The summed E-state index contributed by atoms with van der Waals surface area (Å²) in [7, 11) is 0. The Morgan fingerprint density at radius 1 is 1.00 bits per heavy atom. The van der Waals surface area contributed by atoms with E-state index in [-0.39, 0.29) is 24.3 Å². The van der Waals surface area contributed by atoms with Crippen molar-refractivity contribution in [2.75, 3.05) is 6.61 Å². The molecule has 0 aromatic heterocycles. The van der Waals surface area contributed by atoms with Gasteiger partial charge in [0, 0.05) is 17.6 Å². The second-order valence-electron chi connectivity index (χ2n) is 4.25. The largest absolute Gasteiger partial charge is 0.507 e. The second-order valence-corrected chi connectivity index (χ2v) is 4.25. The number of aromatic hydroxyl groups is 1. The van der Waals surface area contributed by atoms with E-state index < -0.39 is 12.2 Å². The number of hydrogen-bond donors (Lipinski definition) is 4. The molecule has 0 aliphatic heterocycles. The first-order valence-corrected chi connectivity index (χ1v) is 5.82. The third kappa shape index (κ3) is 2.31. The van der Waals surface area contributed by atoms with Crippen LogP contribution in [-0.4, -0.2) is 33.1 Å². The first-order chi connectivity index (χ1) is 8.65. The third-order valence-corrected chi connectivity index (χ3v) is 3.04. The molecule has 18 heavy (non-hydrogen) atoms. The van der Waals surface area contributed by atoms with Crippen LogP contribution in [0.4, 0.5) is 0 Å². The van der Waals surface area contributed by atoms with Gasteiger partial charge >= 0.3 is 0 Å². The molecule has 0 aliphatic rings. The number of hydrogen-bond acceptors (Lipinski definition) is 4. The van der Waals surface area contributed by atoms with Gasteiger partial charge in [-0.15, -0.1) is 0 Å². The van der Waals surface area contributed by atoms with Crippen molar-refractivity contribution in [2.45, 2.75) is 18.6 Å². The van der Waals surface area contributed by atoms with Crippen LogP contribution in [0.25, 0.3) is 10.8 Å². The van der Waals surface area contributed by atoms with Gasteiger partial charge in [-0.25, -0.2) is 0 Å². The Kier molecular flexibility index (Phi) is 3.81. The summed E-state index contributed by atoms with van der Waals surface area (Å²) in [4.78, 5) is 0. The Morgan fingerprint density at radius 2 is 1.72 bits per heavy atom. The first kappa shape index (κ1) is 12.8. The molecule has 0 radical (unpaired) electrons. The highest BCUT2D eigenvalue weighted by atomic mass is 16.3. The van der Waals surface area contributed by atoms with Gasteiger partial charge in [0.05, 0.1) is 6.10 Å². The van der Waals surface area contributed by atoms with E-state index >= 15 is 0 Å². The molecule has 0 bridgehead atoms. The average Bonchev–Trinajstić information content (AvgIpc) is 2.39. The fraction of sp³-hybridized carbons (Fsp3) is 0.286. The highest BCUT2D eigenvalue weighted by Crippen LogP contribution is 2.34. The molecular weight excluding hydrogens is 232 g/mol. The molecule has 2 rings (SSSR count). The monoisotopic (exact) mass is 248 g/mol. The van der Waals surface area contributed by atoms with Crippen LogP contribution in [0.3, 0.4) is 0 Å². The number of phenols is 1. The van der Waals surface area contributed by atoms with Crippen molar-refractivity contribution in [3.8, 4) is 5.75 Å². The summed E-state index contributed by atoms with van der Waals surface area (Å²) in [5, 5.41) is 39.9. The van der Waals surface area contributed by atoms with Gasteiger partial charge < -0.3 is 20.4 Å². The predicted molar refractivity (Wildman–Crippen MR) is 68.3 cm³/mol. The third-order valence-electron chi connectivity index (χ3n) is 3.04. The number of rotatable bonds is 4. The fourth-order valence-corrected chi connectivity index (χ4v) is 2.01. The Labute approximate surface area is 105 Å². The lowest BCUT2D eigenvalue weighted by Crippen LogP contribution is -2.19. The summed E-state index contributed by atoms with van der Waals surface area (Å²) in [5.41, 5.74) is 0.273. The lowest BCUT2D eigenvalue weighted by Gasteiger charge is -2.19. The van der Waals surface area contributed by atoms with Crippen molar-refractivity contribution in [2.24, 2.45) is 0 Å². The lowest BCUT2D eigenvalue weighted by atomic mass is 9.97. The van der Waals surface area contributed by atoms with Gasteiger partial charge in [0.15, 0.2) is 0 Å². The molecule has 0 heterocycles. The van der Waals surface area contributed by atoms with E-state index in [9.17, 15) is 15.3 Å². The van der Waals surface area contributed by atoms with Crippen molar-refractivity contribution in [3.63, 3.8) is 0 Å². The van der Waals surface area contributed by atoms with Gasteiger partial charge in [-0.05, 0) is 11.8 Å². The lowest BCUT2D eigenvalue weighted by molar-refractivity contribution is 0.00316. The van der Waals surface area contributed by atoms with Gasteiger partial charge in [0.2, 0.25) is 0 Å². The zero-order valence-electron chi connectivity index (χ0n) is 9.82. The minimum absolute atomic E-state index is 0.0300. The minimum atomic E-state index is -1.21. The summed E-state index contributed by atoms with van der Waals surface area (Å²) >= 11 is 0. The zero-order chi connectivity index (χ0) is 13.1. The van der Waals surface area contributed by atoms with Crippen molar-refractivity contribution in [1.82, 2.24) is 0 Å². The molecule has 0 saturated carbocycles. The molecule has 96 valence electrons. The molecule has 2 aromatic rings. The molecule has 2 atom stereocenters. The van der Waals surface area contributed by atoms with Crippen molar-refractivity contribution in [3.05, 3.63) is 42.0 Å². The van der Waals surface area contributed by atoms with Crippen LogP contribution in [-0.2, 0) is 0 Å². The van der Waals surface area contributed by atoms with Gasteiger partial charge in [0.1, 0.15) is 11.9 Å². The standard InChI is InChI=1S/C14H16O4/c15-8-7-12(16)14(18)11-6-5-9-3-1-2-4-10(9)13(11)17/h1-6,12,14-18H,7-8H2. The number of aliphatic hydroxyl groups excluding tert-OH is 3. The highest BCUT2D eigenvalue weighted by molar-refractivity contribution is 5.89. The van der Waals surface area contributed by atoms with Crippen molar-refractivity contribution in [1.29, 1.82) is 0 Å². The summed E-state index contributed by atoms with van der Waals surface area (Å²) in [5.74, 6) is -0.0300. The molecule has 0 saturated heterocycles. The first-order valence-electron chi connectivity index (χ1n) is 5.82. The number of benzene rings is 2. The molecular formula is C14H16O4. The minimum Gasteiger partial charge on any atom is -0.507 e. The maximum Gasteiger partial charge on any atom is 0.129 e. The molecule has 4 heteroatoms. The van der Waals surface area contributed by atoms with Crippen molar-refractivity contribution < 1.29 is 20.4 Å². The summed E-state index contributed by atoms with van der Waals surface area (Å²) in [6.45, 7) is -0.216. The zero-order valence-corrected chi connectivity index (χ0v) is 9.82. The smallest absolute Gasteiger partial charge is 0.129 e.